The number of nitrogens with zero attached hydrogens (tertiary/aromatic N) is 3. The Kier molecular flexibility index (Phi) is 4.70. The van der Waals surface area contributed by atoms with Crippen molar-refractivity contribution in [2.75, 3.05) is 6.54 Å². The van der Waals surface area contributed by atoms with Crippen LogP contribution in [0.4, 0.5) is 0 Å². The summed E-state index contributed by atoms with van der Waals surface area (Å²) in [5, 5.41) is 11.6. The summed E-state index contributed by atoms with van der Waals surface area (Å²) in [5.74, 6) is -0.0528. The number of aromatic nitrogens is 3. The van der Waals surface area contributed by atoms with Gasteiger partial charge in [-0.05, 0) is 37.6 Å². The second-order valence-corrected chi connectivity index (χ2v) is 5.79. The number of aryl methyl sites for hydroxylation is 2. The first-order chi connectivity index (χ1) is 11.6. The lowest BCUT2D eigenvalue weighted by molar-refractivity contribution is 0.0953. The zero-order valence-electron chi connectivity index (χ0n) is 13.9. The minimum absolute atomic E-state index is 0.0528. The Morgan fingerprint density at radius 2 is 1.92 bits per heavy atom. The van der Waals surface area contributed by atoms with Crippen molar-refractivity contribution < 1.29 is 4.79 Å². The molecule has 5 heteroatoms. The molecule has 0 aliphatic heterocycles. The fourth-order valence-corrected chi connectivity index (χ4v) is 2.56. The minimum atomic E-state index is -0.0528. The molecule has 1 heterocycles. The van der Waals surface area contributed by atoms with Crippen LogP contribution in [0.15, 0.2) is 54.7 Å². The van der Waals surface area contributed by atoms with Crippen LogP contribution in [-0.2, 0) is 6.42 Å². The Bertz CT molecular complexity index is 840. The summed E-state index contributed by atoms with van der Waals surface area (Å²) >= 11 is 0. The molecule has 24 heavy (non-hydrogen) atoms. The van der Waals surface area contributed by atoms with E-state index in [2.05, 4.69) is 15.5 Å². The average Bonchev–Trinajstić information content (AvgIpc) is 3.04. The third-order valence-electron chi connectivity index (χ3n) is 3.82. The zero-order valence-corrected chi connectivity index (χ0v) is 13.9. The smallest absolute Gasteiger partial charge is 0.251 e. The van der Waals surface area contributed by atoms with E-state index in [4.69, 9.17) is 0 Å². The van der Waals surface area contributed by atoms with Gasteiger partial charge in [0.1, 0.15) is 0 Å². The predicted octanol–water partition coefficient (Wildman–Crippen LogP) is 2.86. The van der Waals surface area contributed by atoms with Crippen molar-refractivity contribution in [1.82, 2.24) is 20.3 Å². The van der Waals surface area contributed by atoms with Gasteiger partial charge in [0, 0.05) is 18.5 Å². The third-order valence-corrected chi connectivity index (χ3v) is 3.82. The standard InChI is InChI=1S/C19H20N4O/c1-14-8-9-18(15(2)12-14)19(24)20-11-10-16-13-21-23(22-16)17-6-4-3-5-7-17/h3-9,12-13H,10-11H2,1-2H3,(H,20,24). The zero-order chi connectivity index (χ0) is 16.9. The SMILES string of the molecule is Cc1ccc(C(=O)NCCc2cnn(-c3ccccc3)n2)c(C)c1. The normalized spacial score (nSPS) is 10.6. The highest BCUT2D eigenvalue weighted by molar-refractivity contribution is 5.95. The van der Waals surface area contributed by atoms with Crippen LogP contribution >= 0.6 is 0 Å². The van der Waals surface area contributed by atoms with Crippen molar-refractivity contribution in [1.29, 1.82) is 0 Å². The molecule has 122 valence electrons. The number of nitrogens with one attached hydrogen (secondary N) is 1. The van der Waals surface area contributed by atoms with Crippen LogP contribution in [0.3, 0.4) is 0 Å². The van der Waals surface area contributed by atoms with E-state index in [1.54, 1.807) is 11.0 Å². The quantitative estimate of drug-likeness (QED) is 0.786. The molecule has 0 aliphatic rings. The Hall–Kier alpha value is -2.95. The maximum Gasteiger partial charge on any atom is 0.251 e. The van der Waals surface area contributed by atoms with Crippen molar-refractivity contribution in [2.24, 2.45) is 0 Å². The van der Waals surface area contributed by atoms with Crippen molar-refractivity contribution in [2.45, 2.75) is 20.3 Å². The Balaban J connectivity index is 1.57. The van der Waals surface area contributed by atoms with Crippen LogP contribution < -0.4 is 5.32 Å². The number of carbonyl (C=O) groups is 1. The maximum absolute atomic E-state index is 12.2. The summed E-state index contributed by atoms with van der Waals surface area (Å²) in [5.41, 5.74) is 4.63. The number of hydrogen-bond acceptors (Lipinski definition) is 3. The molecule has 0 fully saturated rings. The number of rotatable bonds is 5. The average molecular weight is 320 g/mol. The van der Waals surface area contributed by atoms with Gasteiger partial charge in [0.15, 0.2) is 0 Å². The first kappa shape index (κ1) is 15.9. The Morgan fingerprint density at radius 1 is 1.12 bits per heavy atom. The molecule has 0 spiro atoms. The van der Waals surface area contributed by atoms with Crippen molar-refractivity contribution >= 4 is 5.91 Å². The van der Waals surface area contributed by atoms with Gasteiger partial charge >= 0.3 is 0 Å². The van der Waals surface area contributed by atoms with E-state index in [1.807, 2.05) is 62.4 Å². The molecule has 5 nitrogen and oxygen atoms in total. The topological polar surface area (TPSA) is 59.8 Å². The van der Waals surface area contributed by atoms with Gasteiger partial charge in [0.2, 0.25) is 0 Å². The Morgan fingerprint density at radius 3 is 2.67 bits per heavy atom. The van der Waals surface area contributed by atoms with Crippen molar-refractivity contribution in [3.63, 3.8) is 0 Å². The number of carbonyl (C=O) groups excluding carboxylic acids is 1. The lowest BCUT2D eigenvalue weighted by atomic mass is 10.1. The first-order valence-corrected chi connectivity index (χ1v) is 7.95. The molecular formula is C19H20N4O. The van der Waals surface area contributed by atoms with Crippen molar-refractivity contribution in [3.05, 3.63) is 77.1 Å². The summed E-state index contributed by atoms with van der Waals surface area (Å²) < 4.78 is 0. The molecule has 1 N–H and O–H groups in total. The fourth-order valence-electron chi connectivity index (χ4n) is 2.56. The largest absolute Gasteiger partial charge is 0.352 e. The number of hydrogen-bond donors (Lipinski definition) is 1. The van der Waals surface area contributed by atoms with Gasteiger partial charge in [-0.3, -0.25) is 4.79 Å². The predicted molar refractivity (Wildman–Crippen MR) is 93.3 cm³/mol. The minimum Gasteiger partial charge on any atom is -0.352 e. The maximum atomic E-state index is 12.2. The molecule has 2 aromatic carbocycles. The molecule has 3 aromatic rings. The van der Waals surface area contributed by atoms with Crippen LogP contribution in [0.1, 0.15) is 27.2 Å². The molecule has 0 saturated carbocycles. The van der Waals surface area contributed by atoms with Crippen LogP contribution in [-0.4, -0.2) is 27.4 Å². The molecule has 0 atom stereocenters. The first-order valence-electron chi connectivity index (χ1n) is 7.95. The number of amides is 1. The molecule has 1 amide bonds. The molecule has 3 rings (SSSR count). The fraction of sp³-hybridized carbons (Fsp3) is 0.211. The van der Waals surface area contributed by atoms with E-state index in [9.17, 15) is 4.79 Å². The Labute approximate surface area is 141 Å². The van der Waals surface area contributed by atoms with E-state index >= 15 is 0 Å². The molecular weight excluding hydrogens is 300 g/mol. The van der Waals surface area contributed by atoms with Crippen LogP contribution in [0.25, 0.3) is 5.69 Å². The number of para-hydroxylation sites is 1. The summed E-state index contributed by atoms with van der Waals surface area (Å²) in [7, 11) is 0. The molecule has 0 aliphatic carbocycles. The highest BCUT2D eigenvalue weighted by atomic mass is 16.1. The summed E-state index contributed by atoms with van der Waals surface area (Å²) in [6.07, 6.45) is 2.37. The van der Waals surface area contributed by atoms with Gasteiger partial charge < -0.3 is 5.32 Å². The molecule has 1 aromatic heterocycles. The number of benzene rings is 2. The van der Waals surface area contributed by atoms with E-state index in [0.29, 0.717) is 18.5 Å². The van der Waals surface area contributed by atoms with Gasteiger partial charge in [-0.25, -0.2) is 0 Å². The summed E-state index contributed by atoms with van der Waals surface area (Å²) in [4.78, 5) is 13.8. The van der Waals surface area contributed by atoms with Crippen LogP contribution in [0, 0.1) is 13.8 Å². The molecule has 0 saturated heterocycles. The molecule has 0 radical (unpaired) electrons. The van der Waals surface area contributed by atoms with Gasteiger partial charge in [-0.2, -0.15) is 15.0 Å². The summed E-state index contributed by atoms with van der Waals surface area (Å²) in [6.45, 7) is 4.50. The third kappa shape index (κ3) is 3.68. The molecule has 0 bridgehead atoms. The van der Waals surface area contributed by atoms with E-state index in [1.165, 1.54) is 0 Å². The second kappa shape index (κ2) is 7.08. The van der Waals surface area contributed by atoms with Gasteiger partial charge in [0.25, 0.3) is 5.91 Å². The van der Waals surface area contributed by atoms with Gasteiger partial charge in [0.05, 0.1) is 17.6 Å². The van der Waals surface area contributed by atoms with E-state index in [-0.39, 0.29) is 5.91 Å². The van der Waals surface area contributed by atoms with Crippen LogP contribution in [0.5, 0.6) is 0 Å². The lowest BCUT2D eigenvalue weighted by Gasteiger charge is -2.07. The lowest BCUT2D eigenvalue weighted by Crippen LogP contribution is -2.26. The highest BCUT2D eigenvalue weighted by Crippen LogP contribution is 2.10. The molecule has 0 unspecified atom stereocenters. The van der Waals surface area contributed by atoms with E-state index in [0.717, 1.165) is 22.5 Å². The van der Waals surface area contributed by atoms with Crippen LogP contribution in [0.2, 0.25) is 0 Å². The summed E-state index contributed by atoms with van der Waals surface area (Å²) in [6, 6.07) is 15.6. The highest BCUT2D eigenvalue weighted by Gasteiger charge is 2.09. The van der Waals surface area contributed by atoms with Gasteiger partial charge in [-0.15, -0.1) is 0 Å². The van der Waals surface area contributed by atoms with E-state index < -0.39 is 0 Å². The van der Waals surface area contributed by atoms with Gasteiger partial charge in [-0.1, -0.05) is 35.9 Å². The monoisotopic (exact) mass is 320 g/mol. The second-order valence-electron chi connectivity index (χ2n) is 5.79. The van der Waals surface area contributed by atoms with Crippen molar-refractivity contribution in [3.8, 4) is 5.69 Å².